The van der Waals surface area contributed by atoms with Crippen molar-refractivity contribution in [2.45, 2.75) is 76.0 Å². The van der Waals surface area contributed by atoms with E-state index < -0.39 is 23.8 Å². The van der Waals surface area contributed by atoms with Crippen LogP contribution in [0.25, 0.3) is 11.0 Å². The van der Waals surface area contributed by atoms with Gasteiger partial charge in [0.2, 0.25) is 0 Å². The number of hydrogen-bond acceptors (Lipinski definition) is 5. The number of amides is 1. The summed E-state index contributed by atoms with van der Waals surface area (Å²) in [5, 5.41) is 10.1. The summed E-state index contributed by atoms with van der Waals surface area (Å²) in [6.45, 7) is 2.00. The number of aromatic nitrogens is 2. The second-order valence-electron chi connectivity index (χ2n) is 10.4. The van der Waals surface area contributed by atoms with Crippen LogP contribution in [0.5, 0.6) is 0 Å². The minimum Gasteiger partial charge on any atom is -0.481 e. The normalized spacial score (nSPS) is 22.2. The summed E-state index contributed by atoms with van der Waals surface area (Å²) >= 11 is 0. The molecule has 0 unspecified atom stereocenters. The molecule has 9 heteroatoms. The minimum absolute atomic E-state index is 0.0114. The smallest absolute Gasteiger partial charge is 0.414 e. The van der Waals surface area contributed by atoms with Gasteiger partial charge in [0, 0.05) is 31.2 Å². The third-order valence-electron chi connectivity index (χ3n) is 8.18. The van der Waals surface area contributed by atoms with Gasteiger partial charge in [-0.05, 0) is 75.3 Å². The van der Waals surface area contributed by atoms with E-state index in [9.17, 15) is 19.1 Å². The van der Waals surface area contributed by atoms with Gasteiger partial charge >= 0.3 is 12.1 Å². The van der Waals surface area contributed by atoms with Gasteiger partial charge in [0.15, 0.2) is 0 Å². The third-order valence-corrected chi connectivity index (χ3v) is 8.18. The molecule has 1 fully saturated rings. The Bertz CT molecular complexity index is 1350. The molecule has 2 aliphatic rings. The van der Waals surface area contributed by atoms with Crippen molar-refractivity contribution in [3.63, 3.8) is 0 Å². The summed E-state index contributed by atoms with van der Waals surface area (Å²) in [5.41, 5.74) is 3.88. The largest absolute Gasteiger partial charge is 0.481 e. The third kappa shape index (κ3) is 4.75. The van der Waals surface area contributed by atoms with Gasteiger partial charge in [0.05, 0.1) is 35.9 Å². The standard InChI is InChI=1S/C29H34FN3O5/c1-17-7-12-22-24(32(17)29(36)38-3)13-14-25-27(22)31-26(33(25)20-8-10-21(37-2)11-9-20)16-23(28(34)35)18-5-4-6-19(30)15-18/h4-6,13-15,17,20-21,23H,7-12,16H2,1-3H3,(H,34,35)/t17-,20?,21?,23+/m0/s1. The molecule has 202 valence electrons. The predicted molar refractivity (Wildman–Crippen MR) is 141 cm³/mol. The number of fused-ring (bicyclic) bond motifs is 3. The molecule has 0 spiro atoms. The van der Waals surface area contributed by atoms with E-state index in [2.05, 4.69) is 4.57 Å². The molecular weight excluding hydrogens is 489 g/mol. The van der Waals surface area contributed by atoms with E-state index in [0.29, 0.717) is 11.4 Å². The molecule has 1 saturated carbocycles. The van der Waals surface area contributed by atoms with Crippen molar-refractivity contribution in [3.8, 4) is 0 Å². The van der Waals surface area contributed by atoms with Crippen LogP contribution in [0.3, 0.4) is 0 Å². The van der Waals surface area contributed by atoms with Crippen molar-refractivity contribution in [1.29, 1.82) is 0 Å². The zero-order valence-electron chi connectivity index (χ0n) is 22.0. The van der Waals surface area contributed by atoms with Crippen LogP contribution >= 0.6 is 0 Å². The van der Waals surface area contributed by atoms with E-state index in [0.717, 1.165) is 60.8 Å². The van der Waals surface area contributed by atoms with Gasteiger partial charge in [0.1, 0.15) is 11.6 Å². The predicted octanol–water partition coefficient (Wildman–Crippen LogP) is 5.62. The number of methoxy groups -OCH3 is 2. The highest BCUT2D eigenvalue weighted by Gasteiger charge is 2.34. The monoisotopic (exact) mass is 523 g/mol. The number of carbonyl (C=O) groups excluding carboxylic acids is 1. The lowest BCUT2D eigenvalue weighted by Gasteiger charge is -2.34. The lowest BCUT2D eigenvalue weighted by Crippen LogP contribution is -2.42. The van der Waals surface area contributed by atoms with Crippen LogP contribution in [0.15, 0.2) is 36.4 Å². The first kappa shape index (κ1) is 26.2. The minimum atomic E-state index is -1.02. The number of hydrogen-bond donors (Lipinski definition) is 1. The van der Waals surface area contributed by atoms with Crippen LogP contribution in [0, 0.1) is 5.82 Å². The molecule has 1 aliphatic heterocycles. The Morgan fingerprint density at radius 1 is 1.13 bits per heavy atom. The summed E-state index contributed by atoms with van der Waals surface area (Å²) in [5.74, 6) is -1.77. The van der Waals surface area contributed by atoms with Crippen LogP contribution in [0.1, 0.15) is 67.9 Å². The van der Waals surface area contributed by atoms with Gasteiger partial charge in [-0.25, -0.2) is 14.2 Å². The number of carbonyl (C=O) groups is 2. The second kappa shape index (κ2) is 10.7. The molecule has 3 aromatic rings. The van der Waals surface area contributed by atoms with Gasteiger partial charge in [-0.1, -0.05) is 12.1 Å². The molecule has 2 aromatic carbocycles. The number of ether oxygens (including phenoxy) is 2. The first-order valence-corrected chi connectivity index (χ1v) is 13.2. The van der Waals surface area contributed by atoms with Crippen LogP contribution in [-0.2, 0) is 27.1 Å². The quantitative estimate of drug-likeness (QED) is 0.451. The zero-order chi connectivity index (χ0) is 27.0. The molecule has 0 bridgehead atoms. The number of aliphatic carboxylic acids is 1. The maximum atomic E-state index is 14.0. The van der Waals surface area contributed by atoms with Crippen LogP contribution < -0.4 is 4.90 Å². The topological polar surface area (TPSA) is 93.9 Å². The SMILES string of the molecule is COC(=O)N1c2ccc3c(nc(C[C@@H](C(=O)O)c4cccc(F)c4)n3C3CCC(OC)CC3)c2CC[C@@H]1C. The molecule has 0 saturated heterocycles. The molecule has 5 rings (SSSR count). The zero-order valence-corrected chi connectivity index (χ0v) is 22.0. The van der Waals surface area contributed by atoms with Crippen LogP contribution in [-0.4, -0.2) is 53.1 Å². The number of anilines is 1. The highest BCUT2D eigenvalue weighted by molar-refractivity contribution is 5.95. The number of imidazole rings is 1. The van der Waals surface area contributed by atoms with Crippen molar-refractivity contribution >= 4 is 28.8 Å². The Hall–Kier alpha value is -3.46. The lowest BCUT2D eigenvalue weighted by atomic mass is 9.91. The van der Waals surface area contributed by atoms with Crippen molar-refractivity contribution < 1.29 is 28.6 Å². The molecular formula is C29H34FN3O5. The van der Waals surface area contributed by atoms with Gasteiger partial charge in [-0.3, -0.25) is 9.69 Å². The molecule has 1 aliphatic carbocycles. The maximum absolute atomic E-state index is 14.0. The summed E-state index contributed by atoms with van der Waals surface area (Å²) in [6, 6.07) is 9.85. The lowest BCUT2D eigenvalue weighted by molar-refractivity contribution is -0.138. The Morgan fingerprint density at radius 2 is 1.89 bits per heavy atom. The first-order chi connectivity index (χ1) is 18.3. The van der Waals surface area contributed by atoms with E-state index in [-0.39, 0.29) is 24.6 Å². The first-order valence-electron chi connectivity index (χ1n) is 13.2. The van der Waals surface area contributed by atoms with E-state index >= 15 is 0 Å². The highest BCUT2D eigenvalue weighted by Crippen LogP contribution is 2.40. The van der Waals surface area contributed by atoms with Gasteiger partial charge in [-0.15, -0.1) is 0 Å². The Labute approximate surface area is 221 Å². The second-order valence-corrected chi connectivity index (χ2v) is 10.4. The van der Waals surface area contributed by atoms with Crippen molar-refractivity contribution in [3.05, 3.63) is 59.2 Å². The summed E-state index contributed by atoms with van der Waals surface area (Å²) in [4.78, 5) is 31.7. The number of carboxylic acid groups (broad SMARTS) is 1. The van der Waals surface area contributed by atoms with Crippen molar-refractivity contribution in [1.82, 2.24) is 9.55 Å². The Kier molecular flexibility index (Phi) is 7.38. The van der Waals surface area contributed by atoms with Crippen molar-refractivity contribution in [2.24, 2.45) is 0 Å². The average Bonchev–Trinajstić information content (AvgIpc) is 3.29. The molecule has 2 atom stereocenters. The number of benzene rings is 2. The fourth-order valence-corrected chi connectivity index (χ4v) is 6.17. The molecule has 8 nitrogen and oxygen atoms in total. The van der Waals surface area contributed by atoms with Crippen molar-refractivity contribution in [2.75, 3.05) is 19.1 Å². The number of carboxylic acids is 1. The number of halogens is 1. The molecule has 2 heterocycles. The van der Waals surface area contributed by atoms with Crippen LogP contribution in [0.2, 0.25) is 0 Å². The molecule has 38 heavy (non-hydrogen) atoms. The summed E-state index contributed by atoms with van der Waals surface area (Å²) in [6.07, 6.45) is 5.04. The van der Waals surface area contributed by atoms with E-state index in [4.69, 9.17) is 14.5 Å². The molecule has 1 aromatic heterocycles. The average molecular weight is 524 g/mol. The Balaban J connectivity index is 1.63. The summed E-state index contributed by atoms with van der Waals surface area (Å²) < 4.78 is 26.9. The highest BCUT2D eigenvalue weighted by atomic mass is 19.1. The van der Waals surface area contributed by atoms with Gasteiger partial charge in [-0.2, -0.15) is 0 Å². The Morgan fingerprint density at radius 3 is 2.55 bits per heavy atom. The molecule has 1 amide bonds. The summed E-state index contributed by atoms with van der Waals surface area (Å²) in [7, 11) is 3.11. The number of nitrogens with zero attached hydrogens (tertiary/aromatic N) is 3. The number of rotatable bonds is 6. The van der Waals surface area contributed by atoms with Gasteiger partial charge < -0.3 is 19.1 Å². The van der Waals surface area contributed by atoms with E-state index in [1.807, 2.05) is 19.1 Å². The van der Waals surface area contributed by atoms with E-state index in [1.54, 1.807) is 18.1 Å². The molecule has 1 N–H and O–H groups in total. The maximum Gasteiger partial charge on any atom is 0.414 e. The van der Waals surface area contributed by atoms with E-state index in [1.165, 1.54) is 25.3 Å². The molecule has 0 radical (unpaired) electrons. The number of aryl methyl sites for hydroxylation is 1. The van der Waals surface area contributed by atoms with Gasteiger partial charge in [0.25, 0.3) is 0 Å². The fourth-order valence-electron chi connectivity index (χ4n) is 6.17. The fraction of sp³-hybridized carbons (Fsp3) is 0.483. The van der Waals surface area contributed by atoms with Crippen LogP contribution in [0.4, 0.5) is 14.9 Å².